The smallest absolute Gasteiger partial charge is 0.228 e. The topological polar surface area (TPSA) is 53.6 Å². The van der Waals surface area contributed by atoms with Crippen molar-refractivity contribution in [3.63, 3.8) is 0 Å². The number of hydrogen-bond donors (Lipinski definition) is 2. The molecule has 0 radical (unpaired) electrons. The molecule has 5 nitrogen and oxygen atoms in total. The van der Waals surface area contributed by atoms with Gasteiger partial charge in [-0.15, -0.1) is 24.8 Å². The molecule has 26 heavy (non-hydrogen) atoms. The van der Waals surface area contributed by atoms with Gasteiger partial charge in [0, 0.05) is 31.2 Å². The number of piperidine rings is 1. The van der Waals surface area contributed by atoms with Gasteiger partial charge in [-0.25, -0.2) is 0 Å². The molecule has 1 aliphatic carbocycles. The zero-order chi connectivity index (χ0) is 16.4. The number of ether oxygens (including phenoxy) is 1. The summed E-state index contributed by atoms with van der Waals surface area (Å²) in [4.78, 5) is 15.0. The molecular formula is C19H29Cl2N3O2. The monoisotopic (exact) mass is 401 g/mol. The van der Waals surface area contributed by atoms with Crippen molar-refractivity contribution < 1.29 is 9.53 Å². The highest BCUT2D eigenvalue weighted by Crippen LogP contribution is 2.58. The minimum atomic E-state index is 0. The SMILES string of the molecule is Cl.Cl.O=C(Nc1cccc(CN2CCOCC2)c1)C1CC12CCNCC2. The van der Waals surface area contributed by atoms with Crippen LogP contribution in [0.5, 0.6) is 0 Å². The molecule has 7 heteroatoms. The van der Waals surface area contributed by atoms with Crippen molar-refractivity contribution in [1.29, 1.82) is 0 Å². The van der Waals surface area contributed by atoms with Crippen LogP contribution in [0.25, 0.3) is 0 Å². The fraction of sp³-hybridized carbons (Fsp3) is 0.632. The van der Waals surface area contributed by atoms with Crippen LogP contribution in [-0.4, -0.2) is 50.2 Å². The molecule has 1 aromatic carbocycles. The number of carbonyl (C=O) groups excluding carboxylic acids is 1. The van der Waals surface area contributed by atoms with Crippen LogP contribution in [0.2, 0.25) is 0 Å². The van der Waals surface area contributed by atoms with Gasteiger partial charge in [-0.2, -0.15) is 0 Å². The summed E-state index contributed by atoms with van der Waals surface area (Å²) in [5.41, 5.74) is 2.48. The van der Waals surface area contributed by atoms with E-state index in [9.17, 15) is 4.79 Å². The van der Waals surface area contributed by atoms with Crippen LogP contribution in [0.4, 0.5) is 5.69 Å². The first-order valence-electron chi connectivity index (χ1n) is 9.16. The third-order valence-corrected chi connectivity index (χ3v) is 5.81. The normalized spacial score (nSPS) is 24.2. The van der Waals surface area contributed by atoms with Crippen molar-refractivity contribution in [3.8, 4) is 0 Å². The molecule has 1 atom stereocenters. The largest absolute Gasteiger partial charge is 0.379 e. The molecule has 0 aromatic heterocycles. The number of morpholine rings is 1. The Morgan fingerprint density at radius 2 is 1.96 bits per heavy atom. The Kier molecular flexibility index (Phi) is 7.74. The number of benzene rings is 1. The summed E-state index contributed by atoms with van der Waals surface area (Å²) in [5.74, 6) is 0.419. The van der Waals surface area contributed by atoms with Gasteiger partial charge in [0.1, 0.15) is 0 Å². The Hall–Kier alpha value is -0.850. The summed E-state index contributed by atoms with van der Waals surface area (Å²) in [6, 6.07) is 8.29. The third-order valence-electron chi connectivity index (χ3n) is 5.81. The van der Waals surface area contributed by atoms with E-state index in [1.54, 1.807) is 0 Å². The average molecular weight is 402 g/mol. The predicted octanol–water partition coefficient (Wildman–Crippen LogP) is 2.69. The molecular weight excluding hydrogens is 373 g/mol. The van der Waals surface area contributed by atoms with Crippen molar-refractivity contribution >= 4 is 36.4 Å². The fourth-order valence-electron chi connectivity index (χ4n) is 4.19. The number of nitrogens with zero attached hydrogens (tertiary/aromatic N) is 1. The van der Waals surface area contributed by atoms with Crippen molar-refractivity contribution in [1.82, 2.24) is 10.2 Å². The molecule has 1 unspecified atom stereocenters. The number of halogens is 2. The molecule has 3 aliphatic rings. The Balaban J connectivity index is 0.00000121. The number of carbonyl (C=O) groups is 1. The first kappa shape index (κ1) is 21.5. The minimum absolute atomic E-state index is 0. The summed E-state index contributed by atoms with van der Waals surface area (Å²) < 4.78 is 5.40. The van der Waals surface area contributed by atoms with Crippen molar-refractivity contribution in [2.24, 2.45) is 11.3 Å². The lowest BCUT2D eigenvalue weighted by molar-refractivity contribution is -0.118. The lowest BCUT2D eigenvalue weighted by Gasteiger charge is -2.26. The molecule has 4 rings (SSSR count). The van der Waals surface area contributed by atoms with Crippen LogP contribution in [0, 0.1) is 11.3 Å². The highest BCUT2D eigenvalue weighted by atomic mass is 35.5. The highest BCUT2D eigenvalue weighted by molar-refractivity contribution is 5.95. The lowest BCUT2D eigenvalue weighted by atomic mass is 9.92. The van der Waals surface area contributed by atoms with Gasteiger partial charge < -0.3 is 15.4 Å². The van der Waals surface area contributed by atoms with Gasteiger partial charge in [0.25, 0.3) is 0 Å². The Labute approximate surface area is 168 Å². The van der Waals surface area contributed by atoms with E-state index in [1.165, 1.54) is 5.56 Å². The van der Waals surface area contributed by atoms with E-state index in [-0.39, 0.29) is 36.6 Å². The van der Waals surface area contributed by atoms with E-state index in [0.29, 0.717) is 5.41 Å². The second-order valence-corrected chi connectivity index (χ2v) is 7.45. The summed E-state index contributed by atoms with van der Waals surface area (Å²) >= 11 is 0. The zero-order valence-corrected chi connectivity index (χ0v) is 16.7. The molecule has 1 saturated carbocycles. The number of anilines is 1. The van der Waals surface area contributed by atoms with Gasteiger partial charge in [-0.1, -0.05) is 12.1 Å². The second kappa shape index (κ2) is 9.38. The van der Waals surface area contributed by atoms with E-state index in [4.69, 9.17) is 4.74 Å². The standard InChI is InChI=1S/C19H27N3O2.2ClH/c23-18(17-13-19(17)4-6-20-7-5-19)21-16-3-1-2-15(12-16)14-22-8-10-24-11-9-22;;/h1-3,12,17,20H,4-11,13-14H2,(H,21,23);2*1H. The highest BCUT2D eigenvalue weighted by Gasteiger charge is 2.57. The van der Waals surface area contributed by atoms with Crippen LogP contribution in [-0.2, 0) is 16.1 Å². The fourth-order valence-corrected chi connectivity index (χ4v) is 4.19. The molecule has 146 valence electrons. The molecule has 1 amide bonds. The van der Waals surface area contributed by atoms with Gasteiger partial charge in [0.2, 0.25) is 5.91 Å². The van der Waals surface area contributed by atoms with Crippen molar-refractivity contribution in [3.05, 3.63) is 29.8 Å². The third kappa shape index (κ3) is 4.90. The van der Waals surface area contributed by atoms with Gasteiger partial charge in [0.05, 0.1) is 13.2 Å². The number of hydrogen-bond acceptors (Lipinski definition) is 4. The second-order valence-electron chi connectivity index (χ2n) is 7.45. The summed E-state index contributed by atoms with van der Waals surface area (Å²) in [6.07, 6.45) is 3.35. The molecule has 1 aromatic rings. The predicted molar refractivity (Wildman–Crippen MR) is 108 cm³/mol. The van der Waals surface area contributed by atoms with E-state index >= 15 is 0 Å². The van der Waals surface area contributed by atoms with Crippen LogP contribution in [0.15, 0.2) is 24.3 Å². The molecule has 3 fully saturated rings. The first-order valence-corrected chi connectivity index (χ1v) is 9.16. The Morgan fingerprint density at radius 1 is 1.23 bits per heavy atom. The van der Waals surface area contributed by atoms with E-state index < -0.39 is 0 Å². The summed E-state index contributed by atoms with van der Waals surface area (Å²) in [5, 5.41) is 6.54. The number of rotatable bonds is 4. The van der Waals surface area contributed by atoms with Crippen LogP contribution < -0.4 is 10.6 Å². The molecule has 2 saturated heterocycles. The van der Waals surface area contributed by atoms with Crippen LogP contribution in [0.1, 0.15) is 24.8 Å². The molecule has 1 spiro atoms. The molecule has 0 bridgehead atoms. The Morgan fingerprint density at radius 3 is 2.69 bits per heavy atom. The summed E-state index contributed by atoms with van der Waals surface area (Å²) in [7, 11) is 0. The van der Waals surface area contributed by atoms with E-state index in [1.807, 2.05) is 12.1 Å². The van der Waals surface area contributed by atoms with Gasteiger partial charge in [-0.05, 0) is 55.5 Å². The van der Waals surface area contributed by atoms with Gasteiger partial charge in [0.15, 0.2) is 0 Å². The van der Waals surface area contributed by atoms with Crippen molar-refractivity contribution in [2.75, 3.05) is 44.7 Å². The van der Waals surface area contributed by atoms with Crippen LogP contribution >= 0.6 is 24.8 Å². The quantitative estimate of drug-likeness (QED) is 0.813. The zero-order valence-electron chi connectivity index (χ0n) is 15.0. The average Bonchev–Trinajstić information content (AvgIpc) is 3.30. The molecule has 2 aliphatic heterocycles. The summed E-state index contributed by atoms with van der Waals surface area (Å²) in [6.45, 7) is 6.62. The lowest BCUT2D eigenvalue weighted by Crippen LogP contribution is -2.35. The van der Waals surface area contributed by atoms with Crippen molar-refractivity contribution in [2.45, 2.75) is 25.8 Å². The van der Waals surface area contributed by atoms with Gasteiger partial charge >= 0.3 is 0 Å². The van der Waals surface area contributed by atoms with Gasteiger partial charge in [-0.3, -0.25) is 9.69 Å². The maximum Gasteiger partial charge on any atom is 0.228 e. The first-order chi connectivity index (χ1) is 11.8. The van der Waals surface area contributed by atoms with E-state index in [0.717, 1.165) is 70.9 Å². The minimum Gasteiger partial charge on any atom is -0.379 e. The van der Waals surface area contributed by atoms with E-state index in [2.05, 4.69) is 27.7 Å². The molecule has 2 N–H and O–H groups in total. The van der Waals surface area contributed by atoms with Crippen LogP contribution in [0.3, 0.4) is 0 Å². The molecule has 2 heterocycles. The maximum absolute atomic E-state index is 12.6. The number of nitrogens with one attached hydrogen (secondary N) is 2. The number of amides is 1. The maximum atomic E-state index is 12.6. The Bertz CT molecular complexity index is 602.